The number of nitrogens with zero attached hydrogens (tertiary/aromatic N) is 1. The van der Waals surface area contributed by atoms with E-state index in [1.54, 1.807) is 6.92 Å². The number of nitrogens with two attached hydrogens (primary N) is 1. The van der Waals surface area contributed by atoms with Crippen LogP contribution in [0.2, 0.25) is 0 Å². The molecule has 2 rings (SSSR count). The zero-order valence-electron chi connectivity index (χ0n) is 13.4. The SMILES string of the molecule is CCCOc1ccc(C(=S)N2CC[C@@H]2C(=O)O)cc1C(F)(F)F.NO. The maximum Gasteiger partial charge on any atom is 0.419 e. The fourth-order valence-corrected chi connectivity index (χ4v) is 2.62. The normalized spacial score (nSPS) is 16.4. The summed E-state index contributed by atoms with van der Waals surface area (Å²) < 4.78 is 44.7. The third kappa shape index (κ3) is 5.03. The van der Waals surface area contributed by atoms with Crippen molar-refractivity contribution >= 4 is 23.2 Å². The summed E-state index contributed by atoms with van der Waals surface area (Å²) in [5, 5.41) is 15.5. The van der Waals surface area contributed by atoms with Gasteiger partial charge in [0.1, 0.15) is 16.8 Å². The van der Waals surface area contributed by atoms with E-state index in [0.717, 1.165) is 6.07 Å². The van der Waals surface area contributed by atoms with Crippen molar-refractivity contribution in [3.05, 3.63) is 29.3 Å². The van der Waals surface area contributed by atoms with Crippen LogP contribution in [0.1, 0.15) is 30.9 Å². The molecule has 0 bridgehead atoms. The molecule has 0 unspecified atom stereocenters. The summed E-state index contributed by atoms with van der Waals surface area (Å²) in [4.78, 5) is 12.5. The Morgan fingerprint density at radius 1 is 1.44 bits per heavy atom. The van der Waals surface area contributed by atoms with Crippen molar-refractivity contribution in [2.24, 2.45) is 5.90 Å². The number of hydrogen-bond acceptors (Lipinski definition) is 5. The number of benzene rings is 1. The fourth-order valence-electron chi connectivity index (χ4n) is 2.28. The molecule has 25 heavy (non-hydrogen) atoms. The van der Waals surface area contributed by atoms with Gasteiger partial charge in [0.05, 0.1) is 12.2 Å². The number of ether oxygens (including phenoxy) is 1. The van der Waals surface area contributed by atoms with E-state index in [2.05, 4.69) is 5.90 Å². The largest absolute Gasteiger partial charge is 0.493 e. The summed E-state index contributed by atoms with van der Waals surface area (Å²) in [6, 6.07) is 2.81. The number of halogens is 3. The first-order chi connectivity index (χ1) is 11.8. The summed E-state index contributed by atoms with van der Waals surface area (Å²) in [5.41, 5.74) is -0.736. The summed E-state index contributed by atoms with van der Waals surface area (Å²) in [6.45, 7) is 2.40. The van der Waals surface area contributed by atoms with Gasteiger partial charge >= 0.3 is 12.1 Å². The van der Waals surface area contributed by atoms with Gasteiger partial charge in [-0.1, -0.05) is 19.1 Å². The first-order valence-corrected chi connectivity index (χ1v) is 7.80. The van der Waals surface area contributed by atoms with Crippen LogP contribution in [0.3, 0.4) is 0 Å². The molecule has 0 radical (unpaired) electrons. The third-order valence-electron chi connectivity index (χ3n) is 3.56. The van der Waals surface area contributed by atoms with Gasteiger partial charge in [0.15, 0.2) is 0 Å². The highest BCUT2D eigenvalue weighted by molar-refractivity contribution is 7.80. The maximum atomic E-state index is 13.2. The van der Waals surface area contributed by atoms with Crippen molar-refractivity contribution in [2.45, 2.75) is 32.0 Å². The van der Waals surface area contributed by atoms with E-state index in [-0.39, 0.29) is 22.9 Å². The molecule has 1 heterocycles. The van der Waals surface area contributed by atoms with Crippen LogP contribution in [0.15, 0.2) is 18.2 Å². The van der Waals surface area contributed by atoms with Crippen molar-refractivity contribution in [3.63, 3.8) is 0 Å². The minimum atomic E-state index is -4.57. The Bertz CT molecular complexity index is 625. The van der Waals surface area contributed by atoms with Crippen molar-refractivity contribution in [1.82, 2.24) is 4.90 Å². The second-order valence-corrected chi connectivity index (χ2v) is 5.59. The maximum absolute atomic E-state index is 13.2. The summed E-state index contributed by atoms with van der Waals surface area (Å²) in [5.74, 6) is 2.22. The van der Waals surface area contributed by atoms with E-state index < -0.39 is 23.8 Å². The molecular formula is C15H19F3N2O4S. The highest BCUT2D eigenvalue weighted by atomic mass is 32.1. The first kappa shape index (κ1) is 21.1. The van der Waals surface area contributed by atoms with Crippen LogP contribution < -0.4 is 10.6 Å². The van der Waals surface area contributed by atoms with Gasteiger partial charge in [-0.15, -0.1) is 0 Å². The summed E-state index contributed by atoms with van der Waals surface area (Å²) in [6.07, 6.45) is -3.55. The standard InChI is InChI=1S/C15H16F3NO3S.H3NO/c1-2-7-22-12-4-3-9(8-10(12)15(16,17)18)13(23)19-6-5-11(19)14(20)21;1-2/h3-4,8,11H,2,5-7H2,1H3,(H,20,21);2H,1H2/t11-;/m1./s1. The molecule has 140 valence electrons. The molecule has 0 aliphatic carbocycles. The number of carbonyl (C=O) groups is 1. The lowest BCUT2D eigenvalue weighted by atomic mass is 10.0. The van der Waals surface area contributed by atoms with Gasteiger partial charge in [0.2, 0.25) is 0 Å². The number of aliphatic carboxylic acids is 1. The Labute approximate surface area is 147 Å². The Morgan fingerprint density at radius 2 is 2.08 bits per heavy atom. The van der Waals surface area contributed by atoms with Gasteiger partial charge in [-0.05, 0) is 31.0 Å². The van der Waals surface area contributed by atoms with Crippen LogP contribution >= 0.6 is 12.2 Å². The molecule has 0 aromatic heterocycles. The number of hydrogen-bond donors (Lipinski definition) is 3. The lowest BCUT2D eigenvalue weighted by Gasteiger charge is -2.40. The van der Waals surface area contributed by atoms with Crippen LogP contribution in [-0.4, -0.2) is 45.4 Å². The highest BCUT2D eigenvalue weighted by Crippen LogP contribution is 2.37. The zero-order chi connectivity index (χ0) is 19.2. The van der Waals surface area contributed by atoms with E-state index in [0.29, 0.717) is 19.4 Å². The van der Waals surface area contributed by atoms with E-state index >= 15 is 0 Å². The van der Waals surface area contributed by atoms with Crippen molar-refractivity contribution in [2.75, 3.05) is 13.2 Å². The first-order valence-electron chi connectivity index (χ1n) is 7.39. The zero-order valence-corrected chi connectivity index (χ0v) is 14.2. The Hall–Kier alpha value is -1.91. The predicted octanol–water partition coefficient (Wildman–Crippen LogP) is 2.66. The third-order valence-corrected chi connectivity index (χ3v) is 4.03. The molecule has 1 aliphatic heterocycles. The van der Waals surface area contributed by atoms with Crippen LogP contribution in [0, 0.1) is 0 Å². The van der Waals surface area contributed by atoms with Gasteiger partial charge in [-0.2, -0.15) is 13.2 Å². The topological polar surface area (TPSA) is 96.0 Å². The molecule has 1 fully saturated rings. The average Bonchev–Trinajstić information content (AvgIpc) is 2.52. The van der Waals surface area contributed by atoms with E-state index in [4.69, 9.17) is 27.3 Å². The second-order valence-electron chi connectivity index (χ2n) is 5.20. The number of carboxylic acids is 1. The number of rotatable bonds is 5. The monoisotopic (exact) mass is 380 g/mol. The fraction of sp³-hybridized carbons (Fsp3) is 0.467. The number of thiocarbonyl (C=S) groups is 1. The lowest BCUT2D eigenvalue weighted by Crippen LogP contribution is -2.54. The Kier molecular flexibility index (Phi) is 7.59. The van der Waals surface area contributed by atoms with Gasteiger partial charge in [-0.3, -0.25) is 0 Å². The van der Waals surface area contributed by atoms with Gasteiger partial charge in [-0.25, -0.2) is 10.7 Å². The molecule has 1 aliphatic rings. The van der Waals surface area contributed by atoms with Gasteiger partial charge < -0.3 is 20.0 Å². The molecule has 0 saturated carbocycles. The molecule has 0 spiro atoms. The summed E-state index contributed by atoms with van der Waals surface area (Å²) >= 11 is 5.16. The minimum absolute atomic E-state index is 0.108. The molecule has 1 aromatic carbocycles. The summed E-state index contributed by atoms with van der Waals surface area (Å²) in [7, 11) is 0. The lowest BCUT2D eigenvalue weighted by molar-refractivity contribution is -0.145. The van der Waals surface area contributed by atoms with Gasteiger partial charge in [0, 0.05) is 12.1 Å². The van der Waals surface area contributed by atoms with Gasteiger partial charge in [0.25, 0.3) is 0 Å². The smallest absolute Gasteiger partial charge is 0.419 e. The molecule has 1 atom stereocenters. The van der Waals surface area contributed by atoms with Crippen molar-refractivity contribution < 1.29 is 33.0 Å². The quantitative estimate of drug-likeness (QED) is 0.534. The van der Waals surface area contributed by atoms with Crippen LogP contribution in [0.25, 0.3) is 0 Å². The Morgan fingerprint density at radius 3 is 2.52 bits per heavy atom. The van der Waals surface area contributed by atoms with Crippen LogP contribution in [0.4, 0.5) is 13.2 Å². The molecule has 0 amide bonds. The second kappa shape index (κ2) is 8.97. The molecule has 6 nitrogen and oxygen atoms in total. The molecule has 1 aromatic rings. The van der Waals surface area contributed by atoms with E-state index in [9.17, 15) is 18.0 Å². The molecule has 10 heteroatoms. The Balaban J connectivity index is 0.00000151. The minimum Gasteiger partial charge on any atom is -0.493 e. The van der Waals surface area contributed by atoms with Crippen LogP contribution in [0.5, 0.6) is 5.75 Å². The molecule has 4 N–H and O–H groups in total. The number of alkyl halides is 3. The number of carboxylic acid groups (broad SMARTS) is 1. The number of likely N-dealkylation sites (tertiary alicyclic amines) is 1. The van der Waals surface area contributed by atoms with E-state index in [1.165, 1.54) is 17.0 Å². The molecule has 1 saturated heterocycles. The van der Waals surface area contributed by atoms with Crippen molar-refractivity contribution in [3.8, 4) is 5.75 Å². The van der Waals surface area contributed by atoms with E-state index in [1.807, 2.05) is 0 Å². The predicted molar refractivity (Wildman–Crippen MR) is 87.7 cm³/mol. The molecular weight excluding hydrogens is 361 g/mol. The highest BCUT2D eigenvalue weighted by Gasteiger charge is 2.38. The van der Waals surface area contributed by atoms with Crippen LogP contribution in [-0.2, 0) is 11.0 Å². The average molecular weight is 380 g/mol. The van der Waals surface area contributed by atoms with Crippen molar-refractivity contribution in [1.29, 1.82) is 0 Å².